The topological polar surface area (TPSA) is 89.5 Å². The number of esters is 1. The minimum atomic E-state index is -4.10. The Morgan fingerprint density at radius 3 is 2.04 bits per heavy atom. The van der Waals surface area contributed by atoms with Crippen molar-refractivity contribution in [3.8, 4) is 0 Å². The Hall–Kier alpha value is -2.67. The zero-order chi connectivity index (χ0) is 18.5. The smallest absolute Gasteiger partial charge is 0.302 e. The molecular formula is C18H19NO5S. The summed E-state index contributed by atoms with van der Waals surface area (Å²) in [4.78, 5) is 24.0. The average Bonchev–Trinajstić information content (AvgIpc) is 2.61. The van der Waals surface area contributed by atoms with Crippen LogP contribution in [0.1, 0.15) is 13.8 Å². The van der Waals surface area contributed by atoms with Gasteiger partial charge >= 0.3 is 5.97 Å². The molecule has 0 saturated heterocycles. The van der Waals surface area contributed by atoms with Gasteiger partial charge in [-0.15, -0.1) is 0 Å². The van der Waals surface area contributed by atoms with Gasteiger partial charge in [-0.25, -0.2) is 8.42 Å². The third-order valence-electron chi connectivity index (χ3n) is 3.71. The van der Waals surface area contributed by atoms with Crippen molar-refractivity contribution in [2.24, 2.45) is 0 Å². The first-order chi connectivity index (χ1) is 11.8. The van der Waals surface area contributed by atoms with Gasteiger partial charge in [0.05, 0.1) is 4.90 Å². The number of hydrogen-bond acceptors (Lipinski definition) is 5. The maximum absolute atomic E-state index is 13.0. The van der Waals surface area contributed by atoms with E-state index in [0.29, 0.717) is 5.69 Å². The highest BCUT2D eigenvalue weighted by atomic mass is 32.2. The van der Waals surface area contributed by atoms with Gasteiger partial charge in [0.25, 0.3) is 0 Å². The van der Waals surface area contributed by atoms with Crippen molar-refractivity contribution in [2.75, 3.05) is 11.9 Å². The molecule has 2 rings (SSSR count). The maximum atomic E-state index is 13.0. The number of hydrogen-bond donors (Lipinski definition) is 1. The van der Waals surface area contributed by atoms with Crippen LogP contribution < -0.4 is 5.32 Å². The molecule has 1 N–H and O–H groups in total. The maximum Gasteiger partial charge on any atom is 0.302 e. The number of rotatable bonds is 6. The molecule has 0 aromatic heterocycles. The summed E-state index contributed by atoms with van der Waals surface area (Å²) in [6, 6.07) is 16.1. The minimum Gasteiger partial charge on any atom is -0.464 e. The van der Waals surface area contributed by atoms with Crippen molar-refractivity contribution in [1.29, 1.82) is 0 Å². The summed E-state index contributed by atoms with van der Waals surface area (Å²) < 4.78 is 29.0. The van der Waals surface area contributed by atoms with E-state index in [9.17, 15) is 18.0 Å². The number of amides is 1. The largest absolute Gasteiger partial charge is 0.464 e. The van der Waals surface area contributed by atoms with Crippen molar-refractivity contribution < 1.29 is 22.7 Å². The van der Waals surface area contributed by atoms with Gasteiger partial charge in [0.1, 0.15) is 6.61 Å². The van der Waals surface area contributed by atoms with E-state index in [4.69, 9.17) is 4.74 Å². The van der Waals surface area contributed by atoms with E-state index in [1.807, 2.05) is 0 Å². The Labute approximate surface area is 146 Å². The summed E-state index contributed by atoms with van der Waals surface area (Å²) in [5, 5.41) is 2.57. The number of sulfone groups is 1. The van der Waals surface area contributed by atoms with Crippen LogP contribution in [0.2, 0.25) is 0 Å². The Morgan fingerprint density at radius 1 is 1.00 bits per heavy atom. The van der Waals surface area contributed by atoms with E-state index < -0.39 is 33.1 Å². The molecule has 0 heterocycles. The monoisotopic (exact) mass is 361 g/mol. The molecule has 6 nitrogen and oxygen atoms in total. The lowest BCUT2D eigenvalue weighted by molar-refractivity contribution is -0.142. The first-order valence-corrected chi connectivity index (χ1v) is 9.05. The zero-order valence-electron chi connectivity index (χ0n) is 13.9. The fraction of sp³-hybridized carbons (Fsp3) is 0.222. The molecule has 2 aromatic rings. The molecule has 0 bridgehead atoms. The third kappa shape index (κ3) is 4.06. The standard InChI is InChI=1S/C18H19NO5S/c1-14(20)24-13-18(2,17(21)19-15-9-5-3-6-10-15)25(22,23)16-11-7-4-8-12-16/h3-12H,13H2,1-2H3,(H,19,21)/t18-/m0/s1. The Morgan fingerprint density at radius 2 is 1.52 bits per heavy atom. The van der Waals surface area contributed by atoms with E-state index >= 15 is 0 Å². The van der Waals surface area contributed by atoms with Crippen LogP contribution in [0.15, 0.2) is 65.6 Å². The van der Waals surface area contributed by atoms with Crippen LogP contribution in [0, 0.1) is 0 Å². The van der Waals surface area contributed by atoms with Crippen LogP contribution in [-0.2, 0) is 24.2 Å². The van der Waals surface area contributed by atoms with Crippen LogP contribution in [-0.4, -0.2) is 31.6 Å². The number of ether oxygens (including phenoxy) is 1. The number of carbonyl (C=O) groups is 2. The van der Waals surface area contributed by atoms with Gasteiger partial charge in [-0.3, -0.25) is 9.59 Å². The van der Waals surface area contributed by atoms with Gasteiger partial charge < -0.3 is 10.1 Å². The lowest BCUT2D eigenvalue weighted by atomic mass is 10.1. The fourth-order valence-electron chi connectivity index (χ4n) is 2.15. The normalized spacial score (nSPS) is 13.5. The summed E-state index contributed by atoms with van der Waals surface area (Å²) in [5.41, 5.74) is 0.449. The zero-order valence-corrected chi connectivity index (χ0v) is 14.7. The first-order valence-electron chi connectivity index (χ1n) is 7.57. The highest BCUT2D eigenvalue weighted by Crippen LogP contribution is 2.28. The van der Waals surface area contributed by atoms with Gasteiger partial charge in [0.15, 0.2) is 14.6 Å². The summed E-state index contributed by atoms with van der Waals surface area (Å²) in [5.74, 6) is -1.44. The summed E-state index contributed by atoms with van der Waals surface area (Å²) in [6.45, 7) is 1.82. The molecule has 25 heavy (non-hydrogen) atoms. The van der Waals surface area contributed by atoms with Crippen molar-refractivity contribution in [3.63, 3.8) is 0 Å². The van der Waals surface area contributed by atoms with Gasteiger partial charge in [-0.1, -0.05) is 36.4 Å². The molecule has 1 atom stereocenters. The van der Waals surface area contributed by atoms with Crippen LogP contribution in [0.25, 0.3) is 0 Å². The molecule has 0 spiro atoms. The molecule has 0 aliphatic rings. The highest BCUT2D eigenvalue weighted by Gasteiger charge is 2.48. The average molecular weight is 361 g/mol. The Kier molecular flexibility index (Phi) is 5.58. The predicted octanol–water partition coefficient (Wildman–Crippen LogP) is 2.42. The number of anilines is 1. The van der Waals surface area contributed by atoms with Gasteiger partial charge in [-0.05, 0) is 31.2 Å². The Bertz CT molecular complexity index is 850. The summed E-state index contributed by atoms with van der Waals surface area (Å²) >= 11 is 0. The molecular weight excluding hydrogens is 342 g/mol. The van der Waals surface area contributed by atoms with Crippen molar-refractivity contribution >= 4 is 27.4 Å². The van der Waals surface area contributed by atoms with Crippen molar-refractivity contribution in [3.05, 3.63) is 60.7 Å². The quantitative estimate of drug-likeness (QED) is 0.798. The molecule has 0 radical (unpaired) electrons. The summed E-state index contributed by atoms with van der Waals surface area (Å²) in [6.07, 6.45) is 0. The molecule has 0 aliphatic carbocycles. The fourth-order valence-corrected chi connectivity index (χ4v) is 3.69. The summed E-state index contributed by atoms with van der Waals surface area (Å²) in [7, 11) is -4.10. The van der Waals surface area contributed by atoms with E-state index in [0.717, 1.165) is 6.92 Å². The van der Waals surface area contributed by atoms with Gasteiger partial charge in [-0.2, -0.15) is 0 Å². The number of carbonyl (C=O) groups excluding carboxylic acids is 2. The molecule has 1 amide bonds. The lowest BCUT2D eigenvalue weighted by Crippen LogP contribution is -2.51. The third-order valence-corrected chi connectivity index (χ3v) is 6.09. The lowest BCUT2D eigenvalue weighted by Gasteiger charge is -2.27. The molecule has 2 aromatic carbocycles. The molecule has 7 heteroatoms. The Balaban J connectivity index is 2.43. The highest BCUT2D eigenvalue weighted by molar-refractivity contribution is 7.93. The van der Waals surface area contributed by atoms with E-state index in [1.54, 1.807) is 48.5 Å². The SMILES string of the molecule is CC(=O)OC[C@@](C)(C(=O)Nc1ccccc1)S(=O)(=O)c1ccccc1. The van der Waals surface area contributed by atoms with Crippen LogP contribution in [0.4, 0.5) is 5.69 Å². The predicted molar refractivity (Wildman–Crippen MR) is 93.7 cm³/mol. The van der Waals surface area contributed by atoms with Crippen LogP contribution in [0.3, 0.4) is 0 Å². The second-order valence-electron chi connectivity index (χ2n) is 5.65. The van der Waals surface area contributed by atoms with Crippen molar-refractivity contribution in [2.45, 2.75) is 23.5 Å². The first kappa shape index (κ1) is 18.7. The van der Waals surface area contributed by atoms with Crippen molar-refractivity contribution in [1.82, 2.24) is 0 Å². The van der Waals surface area contributed by atoms with E-state index in [2.05, 4.69) is 5.32 Å². The second-order valence-corrected chi connectivity index (χ2v) is 8.03. The second kappa shape index (κ2) is 7.48. The van der Waals surface area contributed by atoms with E-state index in [1.165, 1.54) is 19.1 Å². The minimum absolute atomic E-state index is 0.0205. The van der Waals surface area contributed by atoms with Crippen LogP contribution >= 0.6 is 0 Å². The van der Waals surface area contributed by atoms with Gasteiger partial charge in [0, 0.05) is 12.6 Å². The molecule has 132 valence electrons. The molecule has 0 unspecified atom stereocenters. The number of nitrogens with one attached hydrogen (secondary N) is 1. The van der Waals surface area contributed by atoms with Crippen LogP contribution in [0.5, 0.6) is 0 Å². The molecule has 0 fully saturated rings. The van der Waals surface area contributed by atoms with E-state index in [-0.39, 0.29) is 4.90 Å². The number of benzene rings is 2. The van der Waals surface area contributed by atoms with Gasteiger partial charge in [0.2, 0.25) is 5.91 Å². The molecule has 0 aliphatic heterocycles. The molecule has 0 saturated carbocycles. The number of para-hydroxylation sites is 1.